The molecule has 6 heteroatoms. The van der Waals surface area contributed by atoms with Gasteiger partial charge in [-0.05, 0) is 0 Å². The van der Waals surface area contributed by atoms with E-state index in [-0.39, 0.29) is 12.8 Å². The minimum atomic E-state index is -1.08. The second-order valence-corrected chi connectivity index (χ2v) is 1.29. The third-order valence-electron chi connectivity index (χ3n) is 0.553. The summed E-state index contributed by atoms with van der Waals surface area (Å²) in [6.45, 7) is 0. The highest BCUT2D eigenvalue weighted by molar-refractivity contribution is 5.75. The summed E-state index contributed by atoms with van der Waals surface area (Å²) in [6.07, 6.45) is -0.593. The van der Waals surface area contributed by atoms with E-state index in [2.05, 4.69) is 5.59 Å². The molecule has 6 nitrogen and oxygen atoms in total. The molecule has 3 N–H and O–H groups in total. The maximum atomic E-state index is 9.64. The van der Waals surface area contributed by atoms with Crippen LogP contribution in [0.5, 0.6) is 0 Å². The number of carbonyl (C=O) groups is 2. The molecule has 0 atom stereocenters. The molecular weight excluding hydrogens is 142 g/mol. The Kier molecular flexibility index (Phi) is 8.56. The van der Waals surface area contributed by atoms with Crippen molar-refractivity contribution >= 4 is 11.9 Å². The molecule has 0 radical (unpaired) electrons. The lowest BCUT2D eigenvalue weighted by Crippen LogP contribution is -2.00. The highest BCUT2D eigenvalue weighted by atomic mass is 16.4. The van der Waals surface area contributed by atoms with Crippen LogP contribution in [-0.4, -0.2) is 22.2 Å². The van der Waals surface area contributed by atoms with Gasteiger partial charge in [-0.2, -0.15) is 4.91 Å². The van der Waals surface area contributed by atoms with E-state index < -0.39 is 11.9 Å². The normalized spacial score (nSPS) is 7.20. The summed E-state index contributed by atoms with van der Waals surface area (Å²) in [7, 11) is 0. The van der Waals surface area contributed by atoms with Gasteiger partial charge in [0.25, 0.3) is 0 Å². The smallest absolute Gasteiger partial charge is 0.303 e. The maximum absolute atomic E-state index is 9.64. The minimum absolute atomic E-state index is 0.296. The first kappa shape index (κ1) is 11.4. The van der Waals surface area contributed by atoms with E-state index in [9.17, 15) is 9.59 Å². The molecular formula is C4H7NO5. The van der Waals surface area contributed by atoms with Gasteiger partial charge < -0.3 is 10.2 Å². The van der Waals surface area contributed by atoms with Gasteiger partial charge in [0, 0.05) is 0 Å². The van der Waals surface area contributed by atoms with Crippen LogP contribution in [0.1, 0.15) is 12.8 Å². The van der Waals surface area contributed by atoms with Crippen LogP contribution in [0.4, 0.5) is 0 Å². The lowest BCUT2D eigenvalue weighted by molar-refractivity contribution is -0.143. The van der Waals surface area contributed by atoms with E-state index >= 15 is 0 Å². The van der Waals surface area contributed by atoms with Gasteiger partial charge in [0.15, 0.2) is 0 Å². The Hall–Kier alpha value is -1.46. The molecule has 0 aromatic heterocycles. The van der Waals surface area contributed by atoms with Gasteiger partial charge in [-0.25, -0.2) is 0 Å². The Bertz CT molecular complexity index is 109. The van der Waals surface area contributed by atoms with E-state index in [1.807, 2.05) is 0 Å². The van der Waals surface area contributed by atoms with Gasteiger partial charge in [0.1, 0.15) is 0 Å². The number of carboxylic acid groups (broad SMARTS) is 2. The number of rotatable bonds is 3. The summed E-state index contributed by atoms with van der Waals surface area (Å²) in [5.41, 5.74) is 4.50. The first-order valence-electron chi connectivity index (χ1n) is 2.27. The maximum Gasteiger partial charge on any atom is 0.303 e. The number of carboxylic acids is 2. The molecule has 10 heavy (non-hydrogen) atoms. The van der Waals surface area contributed by atoms with Crippen molar-refractivity contribution in [2.45, 2.75) is 12.8 Å². The molecule has 0 aliphatic rings. The summed E-state index contributed by atoms with van der Waals surface area (Å²) in [5.74, 6) is -2.15. The van der Waals surface area contributed by atoms with Crippen molar-refractivity contribution in [1.29, 1.82) is 5.59 Å². The summed E-state index contributed by atoms with van der Waals surface area (Å²) in [4.78, 5) is 26.8. The molecule has 0 heterocycles. The van der Waals surface area contributed by atoms with Crippen molar-refractivity contribution in [2.24, 2.45) is 0 Å². The van der Waals surface area contributed by atoms with Crippen LogP contribution in [0.25, 0.3) is 0 Å². The fourth-order valence-corrected chi connectivity index (χ4v) is 0.214. The van der Waals surface area contributed by atoms with E-state index in [4.69, 9.17) is 15.1 Å². The average molecular weight is 149 g/mol. The van der Waals surface area contributed by atoms with Crippen LogP contribution in [0, 0.1) is 10.5 Å². The second kappa shape index (κ2) is 7.54. The summed E-state index contributed by atoms with van der Waals surface area (Å²) < 4.78 is 0. The van der Waals surface area contributed by atoms with Gasteiger partial charge in [0.05, 0.1) is 12.8 Å². The van der Waals surface area contributed by atoms with Crippen molar-refractivity contribution in [2.75, 3.05) is 0 Å². The van der Waals surface area contributed by atoms with Crippen molar-refractivity contribution in [3.63, 3.8) is 0 Å². The molecule has 0 fully saturated rings. The van der Waals surface area contributed by atoms with Crippen LogP contribution < -0.4 is 0 Å². The number of nitrogens with one attached hydrogen (secondary N) is 1. The Labute approximate surface area is 56.2 Å². The van der Waals surface area contributed by atoms with E-state index in [1.165, 1.54) is 0 Å². The van der Waals surface area contributed by atoms with Crippen LogP contribution in [0.2, 0.25) is 0 Å². The minimum Gasteiger partial charge on any atom is -0.481 e. The van der Waals surface area contributed by atoms with Gasteiger partial charge in [0.2, 0.25) is 0 Å². The molecule has 0 aliphatic heterocycles. The molecule has 0 aromatic carbocycles. The standard InChI is InChI=1S/C4H6O4.HNO/c5-3(6)1-2-4(7)8;1-2/h1-2H2,(H,5,6)(H,7,8);1H. The molecule has 0 aromatic rings. The topological polar surface area (TPSA) is 116 Å². The third-order valence-corrected chi connectivity index (χ3v) is 0.553. The third kappa shape index (κ3) is 16.0. The van der Waals surface area contributed by atoms with Crippen LogP contribution in [0.15, 0.2) is 0 Å². The molecule has 0 spiro atoms. The summed E-state index contributed by atoms with van der Waals surface area (Å²) in [5, 5.41) is 15.8. The van der Waals surface area contributed by atoms with Crippen LogP contribution in [-0.2, 0) is 9.59 Å². The fourth-order valence-electron chi connectivity index (χ4n) is 0.214. The zero-order valence-electron chi connectivity index (χ0n) is 5.03. The molecule has 0 amide bonds. The molecule has 0 rings (SSSR count). The molecule has 0 saturated heterocycles. The molecule has 0 saturated carbocycles. The van der Waals surface area contributed by atoms with Crippen molar-refractivity contribution in [1.82, 2.24) is 0 Å². The number of aliphatic carboxylic acids is 2. The highest BCUT2D eigenvalue weighted by Crippen LogP contribution is 1.85. The molecule has 0 bridgehead atoms. The molecule has 0 unspecified atom stereocenters. The van der Waals surface area contributed by atoms with Crippen molar-refractivity contribution in [3.05, 3.63) is 4.91 Å². The van der Waals surface area contributed by atoms with Crippen LogP contribution in [0.3, 0.4) is 0 Å². The lowest BCUT2D eigenvalue weighted by Gasteiger charge is -1.85. The largest absolute Gasteiger partial charge is 0.481 e. The predicted octanol–water partition coefficient (Wildman–Crippen LogP) is 0.267. The first-order valence-corrected chi connectivity index (χ1v) is 2.27. The van der Waals surface area contributed by atoms with Gasteiger partial charge in [-0.3, -0.25) is 9.59 Å². The van der Waals surface area contributed by atoms with Crippen molar-refractivity contribution in [3.8, 4) is 0 Å². The molecule has 0 aliphatic carbocycles. The number of hydrogen-bond acceptors (Lipinski definition) is 4. The van der Waals surface area contributed by atoms with E-state index in [1.54, 1.807) is 0 Å². The monoisotopic (exact) mass is 149 g/mol. The first-order chi connectivity index (χ1) is 4.63. The Morgan fingerprint density at radius 1 is 1.00 bits per heavy atom. The Morgan fingerprint density at radius 3 is 1.30 bits per heavy atom. The van der Waals surface area contributed by atoms with Crippen LogP contribution >= 0.6 is 0 Å². The zero-order chi connectivity index (χ0) is 8.57. The Morgan fingerprint density at radius 2 is 1.20 bits per heavy atom. The lowest BCUT2D eigenvalue weighted by atomic mass is 10.3. The predicted molar refractivity (Wildman–Crippen MR) is 30.6 cm³/mol. The quantitative estimate of drug-likeness (QED) is 0.498. The number of nitroso groups, excluding NO2 is 1. The van der Waals surface area contributed by atoms with Gasteiger partial charge >= 0.3 is 11.9 Å². The zero-order valence-corrected chi connectivity index (χ0v) is 5.03. The fraction of sp³-hybridized carbons (Fsp3) is 0.500. The Balaban J connectivity index is 0. The van der Waals surface area contributed by atoms with Crippen molar-refractivity contribution < 1.29 is 19.8 Å². The highest BCUT2D eigenvalue weighted by Gasteiger charge is 2.00. The number of hydrogen-bond donors (Lipinski definition) is 3. The summed E-state index contributed by atoms with van der Waals surface area (Å²) in [6, 6.07) is 0. The van der Waals surface area contributed by atoms with Gasteiger partial charge in [-0.15, -0.1) is 0 Å². The van der Waals surface area contributed by atoms with E-state index in [0.717, 1.165) is 0 Å². The molecule has 58 valence electrons. The second-order valence-electron chi connectivity index (χ2n) is 1.29. The van der Waals surface area contributed by atoms with E-state index in [0.29, 0.717) is 0 Å². The summed E-state index contributed by atoms with van der Waals surface area (Å²) >= 11 is 0. The average Bonchev–Trinajstić information content (AvgIpc) is 1.89. The van der Waals surface area contributed by atoms with Gasteiger partial charge in [-0.1, -0.05) is 5.59 Å². The SMILES string of the molecule is N=O.O=C(O)CCC(=O)O.